The monoisotopic (exact) mass is 347 g/mol. The molecule has 2 N–H and O–H groups in total. The molecule has 0 aromatic carbocycles. The van der Waals surface area contributed by atoms with Crippen molar-refractivity contribution >= 4 is 29.5 Å². The Kier molecular flexibility index (Phi) is 5.89. The normalized spacial score (nSPS) is 23.9. The Morgan fingerprint density at radius 1 is 1.46 bits per heavy atom. The number of nitrogens with zero attached hydrogens (tertiary/aromatic N) is 2. The number of ketones is 1. The average molecular weight is 348 g/mol. The number of hydrogen-bond donors (Lipinski definition) is 1. The number of primary amides is 1. The van der Waals surface area contributed by atoms with Crippen molar-refractivity contribution in [1.29, 1.82) is 0 Å². The fourth-order valence-corrected chi connectivity index (χ4v) is 3.38. The molecular formula is C18H22ClN3O2. The van der Waals surface area contributed by atoms with Gasteiger partial charge in [-0.25, -0.2) is 4.98 Å². The van der Waals surface area contributed by atoms with Crippen LogP contribution in [0.15, 0.2) is 35.6 Å². The molecule has 1 aliphatic heterocycles. The molecule has 0 fully saturated rings. The first-order chi connectivity index (χ1) is 11.4. The molecule has 24 heavy (non-hydrogen) atoms. The second-order valence-corrected chi connectivity index (χ2v) is 6.56. The topological polar surface area (TPSA) is 85.4 Å². The predicted molar refractivity (Wildman–Crippen MR) is 95.0 cm³/mol. The summed E-state index contributed by atoms with van der Waals surface area (Å²) < 4.78 is 0. The van der Waals surface area contributed by atoms with Crippen LogP contribution in [0.4, 0.5) is 0 Å². The van der Waals surface area contributed by atoms with Crippen molar-refractivity contribution in [3.63, 3.8) is 0 Å². The fraction of sp³-hybridized carbons (Fsp3) is 0.444. The van der Waals surface area contributed by atoms with Crippen LogP contribution in [-0.2, 0) is 4.79 Å². The van der Waals surface area contributed by atoms with E-state index in [9.17, 15) is 9.59 Å². The molecule has 5 nitrogen and oxygen atoms in total. The molecule has 1 aliphatic rings. The summed E-state index contributed by atoms with van der Waals surface area (Å²) in [6, 6.07) is 3.16. The van der Waals surface area contributed by atoms with Gasteiger partial charge in [0.1, 0.15) is 5.15 Å². The number of nitrogens with two attached hydrogens (primary N) is 1. The first-order valence-electron chi connectivity index (χ1n) is 8.09. The SMILES string of the molecule is CCCCC1(C(N)=O)C=CN=CC1C(C)C(=O)c1ccnc(Cl)c1. The van der Waals surface area contributed by atoms with Gasteiger partial charge in [0.2, 0.25) is 5.91 Å². The highest BCUT2D eigenvalue weighted by Crippen LogP contribution is 2.41. The number of hydrogen-bond acceptors (Lipinski definition) is 4. The van der Waals surface area contributed by atoms with Crippen molar-refractivity contribution in [2.24, 2.45) is 28.0 Å². The molecule has 1 aromatic heterocycles. The summed E-state index contributed by atoms with van der Waals surface area (Å²) in [4.78, 5) is 33.2. The summed E-state index contributed by atoms with van der Waals surface area (Å²) in [5.74, 6) is -1.36. The number of unbranched alkanes of at least 4 members (excludes halogenated alkanes) is 1. The van der Waals surface area contributed by atoms with E-state index in [1.807, 2.05) is 0 Å². The average Bonchev–Trinajstić information content (AvgIpc) is 2.58. The summed E-state index contributed by atoms with van der Waals surface area (Å²) >= 11 is 5.88. The number of carbonyl (C=O) groups is 2. The second-order valence-electron chi connectivity index (χ2n) is 6.17. The Balaban J connectivity index is 2.35. The molecule has 128 valence electrons. The maximum atomic E-state index is 12.9. The molecule has 1 amide bonds. The second kappa shape index (κ2) is 7.71. The Hall–Kier alpha value is -2.01. The first-order valence-corrected chi connectivity index (χ1v) is 8.47. The molecule has 2 heterocycles. The van der Waals surface area contributed by atoms with Crippen LogP contribution >= 0.6 is 11.6 Å². The van der Waals surface area contributed by atoms with Gasteiger partial charge in [0.15, 0.2) is 5.78 Å². The summed E-state index contributed by atoms with van der Waals surface area (Å²) in [6.45, 7) is 3.86. The van der Waals surface area contributed by atoms with Gasteiger partial charge >= 0.3 is 0 Å². The third kappa shape index (κ3) is 3.56. The van der Waals surface area contributed by atoms with Gasteiger partial charge in [-0.05, 0) is 18.6 Å². The minimum Gasteiger partial charge on any atom is -0.369 e. The van der Waals surface area contributed by atoms with Gasteiger partial charge in [-0.15, -0.1) is 0 Å². The van der Waals surface area contributed by atoms with Crippen molar-refractivity contribution in [3.05, 3.63) is 41.3 Å². The number of Topliss-reactive ketones (excluding diaryl/α,β-unsaturated/α-hetero) is 1. The maximum Gasteiger partial charge on any atom is 0.228 e. The molecule has 0 saturated heterocycles. The molecule has 1 aromatic rings. The van der Waals surface area contributed by atoms with E-state index in [-0.39, 0.29) is 16.9 Å². The Morgan fingerprint density at radius 3 is 2.83 bits per heavy atom. The van der Waals surface area contributed by atoms with Gasteiger partial charge in [0.05, 0.1) is 5.41 Å². The minimum atomic E-state index is -0.885. The Labute approximate surface area is 147 Å². The zero-order chi connectivity index (χ0) is 17.7. The van der Waals surface area contributed by atoms with E-state index < -0.39 is 17.2 Å². The van der Waals surface area contributed by atoms with Crippen LogP contribution in [0.5, 0.6) is 0 Å². The lowest BCUT2D eigenvalue weighted by molar-refractivity contribution is -0.127. The summed E-state index contributed by atoms with van der Waals surface area (Å²) in [6.07, 6.45) is 8.90. The third-order valence-corrected chi connectivity index (χ3v) is 4.87. The van der Waals surface area contributed by atoms with E-state index in [4.69, 9.17) is 17.3 Å². The highest BCUT2D eigenvalue weighted by molar-refractivity contribution is 6.29. The van der Waals surface area contributed by atoms with E-state index in [0.29, 0.717) is 12.0 Å². The van der Waals surface area contributed by atoms with Crippen molar-refractivity contribution in [3.8, 4) is 0 Å². The van der Waals surface area contributed by atoms with Gasteiger partial charge in [-0.3, -0.25) is 14.6 Å². The van der Waals surface area contributed by atoms with Crippen LogP contribution in [0.3, 0.4) is 0 Å². The molecule has 3 atom stereocenters. The molecular weight excluding hydrogens is 326 g/mol. The van der Waals surface area contributed by atoms with Crippen molar-refractivity contribution in [1.82, 2.24) is 4.98 Å². The van der Waals surface area contributed by atoms with Crippen LogP contribution in [-0.4, -0.2) is 22.9 Å². The number of halogens is 1. The van der Waals surface area contributed by atoms with Gasteiger partial charge in [0, 0.05) is 36.0 Å². The number of aromatic nitrogens is 1. The number of aliphatic imine (C=N–C) groups is 1. The number of carbonyl (C=O) groups excluding carboxylic acids is 2. The molecule has 0 bridgehead atoms. The highest BCUT2D eigenvalue weighted by atomic mass is 35.5. The van der Waals surface area contributed by atoms with E-state index in [0.717, 1.165) is 12.8 Å². The zero-order valence-electron chi connectivity index (χ0n) is 13.9. The fourth-order valence-electron chi connectivity index (χ4n) is 3.21. The van der Waals surface area contributed by atoms with Crippen LogP contribution in [0.25, 0.3) is 0 Å². The Bertz CT molecular complexity index is 687. The highest BCUT2D eigenvalue weighted by Gasteiger charge is 2.46. The third-order valence-electron chi connectivity index (χ3n) is 4.67. The molecule has 3 unspecified atom stereocenters. The summed E-state index contributed by atoms with van der Waals surface area (Å²) in [7, 11) is 0. The van der Waals surface area contributed by atoms with E-state index >= 15 is 0 Å². The van der Waals surface area contributed by atoms with Crippen molar-refractivity contribution in [2.45, 2.75) is 33.1 Å². The zero-order valence-corrected chi connectivity index (χ0v) is 14.7. The maximum absolute atomic E-state index is 12.9. The minimum absolute atomic E-state index is 0.104. The number of amides is 1. The van der Waals surface area contributed by atoms with Crippen molar-refractivity contribution < 1.29 is 9.59 Å². The predicted octanol–water partition coefficient (Wildman–Crippen LogP) is 3.43. The van der Waals surface area contributed by atoms with Gasteiger partial charge in [-0.1, -0.05) is 44.4 Å². The van der Waals surface area contributed by atoms with Gasteiger partial charge in [0.25, 0.3) is 0 Å². The van der Waals surface area contributed by atoms with Crippen LogP contribution in [0.2, 0.25) is 5.15 Å². The van der Waals surface area contributed by atoms with Crippen LogP contribution < -0.4 is 5.73 Å². The van der Waals surface area contributed by atoms with Crippen LogP contribution in [0, 0.1) is 17.3 Å². The molecule has 0 aliphatic carbocycles. The lowest BCUT2D eigenvalue weighted by atomic mass is 9.65. The molecule has 0 radical (unpaired) electrons. The van der Waals surface area contributed by atoms with Crippen molar-refractivity contribution in [2.75, 3.05) is 0 Å². The lowest BCUT2D eigenvalue weighted by Gasteiger charge is -2.38. The molecule has 2 rings (SSSR count). The summed E-state index contributed by atoms with van der Waals surface area (Å²) in [5, 5.41) is 0.261. The molecule has 6 heteroatoms. The van der Waals surface area contributed by atoms with Gasteiger partial charge in [-0.2, -0.15) is 0 Å². The van der Waals surface area contributed by atoms with E-state index in [2.05, 4.69) is 16.9 Å². The number of pyridine rings is 1. The quantitative estimate of drug-likeness (QED) is 0.605. The molecule has 0 saturated carbocycles. The van der Waals surface area contributed by atoms with Gasteiger partial charge < -0.3 is 5.73 Å². The number of rotatable bonds is 7. The van der Waals surface area contributed by atoms with Crippen LogP contribution in [0.1, 0.15) is 43.5 Å². The van der Waals surface area contributed by atoms with E-state index in [1.165, 1.54) is 12.3 Å². The molecule has 0 spiro atoms. The van der Waals surface area contributed by atoms with E-state index in [1.54, 1.807) is 31.5 Å². The largest absolute Gasteiger partial charge is 0.369 e. The lowest BCUT2D eigenvalue weighted by Crippen LogP contribution is -2.47. The first kappa shape index (κ1) is 18.3. The smallest absolute Gasteiger partial charge is 0.228 e. The Morgan fingerprint density at radius 2 is 2.21 bits per heavy atom. The standard InChI is InChI=1S/C18H22ClN3O2/c1-3-4-6-18(17(20)24)7-9-21-11-14(18)12(2)16(23)13-5-8-22-15(19)10-13/h5,7-12,14H,3-4,6H2,1-2H3,(H2,20,24). The summed E-state index contributed by atoms with van der Waals surface area (Å²) in [5.41, 5.74) is 5.33.